The van der Waals surface area contributed by atoms with Gasteiger partial charge in [0.15, 0.2) is 6.61 Å². The van der Waals surface area contributed by atoms with Crippen LogP contribution in [0.2, 0.25) is 0 Å². The lowest BCUT2D eigenvalue weighted by Gasteiger charge is -2.33. The van der Waals surface area contributed by atoms with Crippen LogP contribution >= 0.6 is 0 Å². The molecule has 0 unspecified atom stereocenters. The molecule has 0 aliphatic rings. The molecule has 0 aliphatic heterocycles. The van der Waals surface area contributed by atoms with Crippen LogP contribution in [0.4, 0.5) is 0 Å². The highest BCUT2D eigenvalue weighted by Crippen LogP contribution is 2.12. The van der Waals surface area contributed by atoms with E-state index in [1.54, 1.807) is 29.2 Å². The van der Waals surface area contributed by atoms with E-state index in [0.717, 1.165) is 12.8 Å². The van der Waals surface area contributed by atoms with Crippen molar-refractivity contribution in [3.8, 4) is 5.75 Å². The Hall–Kier alpha value is -2.57. The number of hydrogen-bond donors (Lipinski definition) is 1. The number of carbonyl (C=O) groups is 3. The molecule has 1 aromatic carbocycles. The molecule has 7 heteroatoms. The van der Waals surface area contributed by atoms with E-state index in [0.29, 0.717) is 11.3 Å². The van der Waals surface area contributed by atoms with Crippen LogP contribution < -0.4 is 10.1 Å². The second-order valence-electron chi connectivity index (χ2n) is 6.39. The van der Waals surface area contributed by atoms with E-state index in [2.05, 4.69) is 5.32 Å². The van der Waals surface area contributed by atoms with Gasteiger partial charge in [-0.2, -0.15) is 0 Å². The van der Waals surface area contributed by atoms with Crippen molar-refractivity contribution >= 4 is 17.8 Å². The van der Waals surface area contributed by atoms with Crippen molar-refractivity contribution in [1.29, 1.82) is 0 Å². The third-order valence-electron chi connectivity index (χ3n) is 4.52. The predicted octanol–water partition coefficient (Wildman–Crippen LogP) is 2.39. The lowest BCUT2D eigenvalue weighted by molar-refractivity contribution is -0.153. The minimum absolute atomic E-state index is 0.0703. The number of nitrogens with one attached hydrogen (secondary N) is 1. The van der Waals surface area contributed by atoms with Crippen LogP contribution in [-0.4, -0.2) is 55.0 Å². The number of benzene rings is 1. The van der Waals surface area contributed by atoms with Gasteiger partial charge in [0.25, 0.3) is 11.8 Å². The molecule has 7 nitrogen and oxygen atoms in total. The molecule has 0 heterocycles. The van der Waals surface area contributed by atoms with Crippen molar-refractivity contribution in [1.82, 2.24) is 10.2 Å². The highest BCUT2D eigenvalue weighted by molar-refractivity contribution is 5.96. The van der Waals surface area contributed by atoms with Gasteiger partial charge in [-0.05, 0) is 51.0 Å². The molecule has 27 heavy (non-hydrogen) atoms. The molecule has 0 aromatic heterocycles. The molecule has 0 fully saturated rings. The number of carbonyl (C=O) groups excluding carboxylic acids is 3. The molecule has 2 atom stereocenters. The first-order valence-electron chi connectivity index (χ1n) is 9.22. The molecule has 0 saturated carbocycles. The highest BCUT2D eigenvalue weighted by Gasteiger charge is 2.24. The van der Waals surface area contributed by atoms with Gasteiger partial charge in [-0.3, -0.25) is 14.4 Å². The maximum Gasteiger partial charge on any atom is 0.325 e. The van der Waals surface area contributed by atoms with E-state index in [9.17, 15) is 14.4 Å². The van der Waals surface area contributed by atoms with Crippen LogP contribution in [0.25, 0.3) is 0 Å². The van der Waals surface area contributed by atoms with Crippen molar-refractivity contribution in [2.45, 2.75) is 52.6 Å². The SMILES string of the molecule is CC[C@H](C)N(C(=O)COC(=O)CNC(=O)c1ccc(OC)cc1)[C@@H](C)CC. The third kappa shape index (κ3) is 6.92. The standard InChI is InChI=1S/C20H30N2O5/c1-6-14(3)22(15(4)7-2)18(23)13-27-19(24)12-21-20(25)16-8-10-17(26-5)11-9-16/h8-11,14-15H,6-7,12-13H2,1-5H3,(H,21,25)/t14-,15-/m0/s1. The van der Waals surface area contributed by atoms with Crippen LogP contribution in [0.5, 0.6) is 5.75 Å². The number of esters is 1. The number of amides is 2. The molecular formula is C20H30N2O5. The minimum Gasteiger partial charge on any atom is -0.497 e. The summed E-state index contributed by atoms with van der Waals surface area (Å²) in [5.41, 5.74) is 0.402. The molecule has 0 radical (unpaired) electrons. The molecule has 150 valence electrons. The first-order chi connectivity index (χ1) is 12.8. The summed E-state index contributed by atoms with van der Waals surface area (Å²) in [7, 11) is 1.54. The topological polar surface area (TPSA) is 84.9 Å². The largest absolute Gasteiger partial charge is 0.497 e. The van der Waals surface area contributed by atoms with Crippen molar-refractivity contribution in [2.24, 2.45) is 0 Å². The van der Waals surface area contributed by atoms with Gasteiger partial charge in [0.05, 0.1) is 7.11 Å². The Balaban J connectivity index is 2.49. The number of methoxy groups -OCH3 is 1. The summed E-state index contributed by atoms with van der Waals surface area (Å²) in [6.07, 6.45) is 1.64. The van der Waals surface area contributed by atoms with Crippen molar-refractivity contribution in [2.75, 3.05) is 20.3 Å². The Labute approximate surface area is 161 Å². The molecule has 0 spiro atoms. The Morgan fingerprint density at radius 3 is 2.07 bits per heavy atom. The Bertz CT molecular complexity index is 620. The molecule has 0 aliphatic carbocycles. The first-order valence-corrected chi connectivity index (χ1v) is 9.22. The molecule has 0 bridgehead atoms. The van der Waals surface area contributed by atoms with Gasteiger partial charge in [0.2, 0.25) is 0 Å². The molecule has 1 rings (SSSR count). The summed E-state index contributed by atoms with van der Waals surface area (Å²) in [5, 5.41) is 2.48. The maximum atomic E-state index is 12.4. The van der Waals surface area contributed by atoms with E-state index < -0.39 is 11.9 Å². The zero-order valence-corrected chi connectivity index (χ0v) is 16.8. The van der Waals surface area contributed by atoms with Gasteiger partial charge in [-0.15, -0.1) is 0 Å². The lowest BCUT2D eigenvalue weighted by Crippen LogP contribution is -2.46. The van der Waals surface area contributed by atoms with Gasteiger partial charge in [-0.25, -0.2) is 0 Å². The van der Waals surface area contributed by atoms with Gasteiger partial charge in [-0.1, -0.05) is 13.8 Å². The van der Waals surface area contributed by atoms with E-state index in [1.807, 2.05) is 27.7 Å². The summed E-state index contributed by atoms with van der Waals surface area (Å²) in [4.78, 5) is 38.0. The minimum atomic E-state index is -0.654. The normalized spacial score (nSPS) is 12.6. The van der Waals surface area contributed by atoms with Crippen molar-refractivity contribution in [3.05, 3.63) is 29.8 Å². The molecule has 0 saturated heterocycles. The summed E-state index contributed by atoms with van der Waals surface area (Å²) in [5.74, 6) is -0.648. The average molecular weight is 378 g/mol. The summed E-state index contributed by atoms with van der Waals surface area (Å²) in [6.45, 7) is 7.33. The summed E-state index contributed by atoms with van der Waals surface area (Å²) in [6, 6.07) is 6.65. The van der Waals surface area contributed by atoms with Gasteiger partial charge >= 0.3 is 5.97 Å². The number of nitrogens with zero attached hydrogens (tertiary/aromatic N) is 1. The van der Waals surface area contributed by atoms with E-state index >= 15 is 0 Å². The molecule has 1 N–H and O–H groups in total. The molecule has 2 amide bonds. The van der Waals surface area contributed by atoms with Gasteiger partial charge in [0.1, 0.15) is 12.3 Å². The van der Waals surface area contributed by atoms with Crippen LogP contribution in [0, 0.1) is 0 Å². The van der Waals surface area contributed by atoms with Crippen LogP contribution in [-0.2, 0) is 14.3 Å². The predicted molar refractivity (Wildman–Crippen MR) is 103 cm³/mol. The highest BCUT2D eigenvalue weighted by atomic mass is 16.5. The Morgan fingerprint density at radius 2 is 1.59 bits per heavy atom. The van der Waals surface area contributed by atoms with Crippen LogP contribution in [0.1, 0.15) is 50.9 Å². The summed E-state index contributed by atoms with van der Waals surface area (Å²) < 4.78 is 10.1. The fourth-order valence-corrected chi connectivity index (χ4v) is 2.58. The third-order valence-corrected chi connectivity index (χ3v) is 4.52. The number of hydrogen-bond acceptors (Lipinski definition) is 5. The maximum absolute atomic E-state index is 12.4. The van der Waals surface area contributed by atoms with Gasteiger partial charge < -0.3 is 19.7 Å². The van der Waals surface area contributed by atoms with Crippen LogP contribution in [0.15, 0.2) is 24.3 Å². The Morgan fingerprint density at radius 1 is 1.04 bits per heavy atom. The smallest absolute Gasteiger partial charge is 0.325 e. The number of rotatable bonds is 10. The molecule has 1 aromatic rings. The van der Waals surface area contributed by atoms with E-state index in [4.69, 9.17) is 9.47 Å². The average Bonchev–Trinajstić information content (AvgIpc) is 2.70. The first kappa shape index (κ1) is 22.5. The second kappa shape index (κ2) is 11.2. The zero-order chi connectivity index (χ0) is 20.4. The van der Waals surface area contributed by atoms with Crippen molar-refractivity contribution < 1.29 is 23.9 Å². The monoisotopic (exact) mass is 378 g/mol. The quantitative estimate of drug-likeness (QED) is 0.632. The zero-order valence-electron chi connectivity index (χ0n) is 16.8. The van der Waals surface area contributed by atoms with Gasteiger partial charge in [0, 0.05) is 17.6 Å². The van der Waals surface area contributed by atoms with Crippen LogP contribution in [0.3, 0.4) is 0 Å². The second-order valence-corrected chi connectivity index (χ2v) is 6.39. The fraction of sp³-hybridized carbons (Fsp3) is 0.550. The summed E-state index contributed by atoms with van der Waals surface area (Å²) >= 11 is 0. The van der Waals surface area contributed by atoms with Crippen molar-refractivity contribution in [3.63, 3.8) is 0 Å². The van der Waals surface area contributed by atoms with E-state index in [1.165, 1.54) is 7.11 Å². The Kier molecular flexibility index (Phi) is 9.33. The van der Waals surface area contributed by atoms with E-state index in [-0.39, 0.29) is 31.1 Å². The lowest BCUT2D eigenvalue weighted by atomic mass is 10.1. The fourth-order valence-electron chi connectivity index (χ4n) is 2.58. The molecular weight excluding hydrogens is 348 g/mol. The number of ether oxygens (including phenoxy) is 2.